The lowest BCUT2D eigenvalue weighted by atomic mass is 9.90. The van der Waals surface area contributed by atoms with Gasteiger partial charge in [0.1, 0.15) is 5.60 Å². The van der Waals surface area contributed by atoms with E-state index in [0.717, 1.165) is 23.1 Å². The number of amides is 2. The van der Waals surface area contributed by atoms with Crippen LogP contribution >= 0.6 is 11.9 Å². The van der Waals surface area contributed by atoms with Gasteiger partial charge in [-0.2, -0.15) is 5.26 Å². The number of rotatable bonds is 6. The number of anilines is 1. The number of hydrogen-bond acceptors (Lipinski definition) is 6. The highest BCUT2D eigenvalue weighted by atomic mass is 32.2. The molecule has 0 atom stereocenters. The topological polar surface area (TPSA) is 111 Å². The maximum atomic E-state index is 12.5. The van der Waals surface area contributed by atoms with Gasteiger partial charge in [-0.05, 0) is 48.9 Å². The van der Waals surface area contributed by atoms with Gasteiger partial charge in [-0.15, -0.1) is 0 Å². The minimum Gasteiger partial charge on any atom is -0.432 e. The zero-order chi connectivity index (χ0) is 21.1. The van der Waals surface area contributed by atoms with Crippen molar-refractivity contribution in [3.05, 3.63) is 40.8 Å². The quantitative estimate of drug-likeness (QED) is 0.596. The van der Waals surface area contributed by atoms with E-state index in [1.807, 2.05) is 39.8 Å². The number of carbonyl (C=O) groups is 1. The van der Waals surface area contributed by atoms with Crippen LogP contribution in [0.25, 0.3) is 0 Å². The summed E-state index contributed by atoms with van der Waals surface area (Å²) in [5, 5.41) is 22.3. The lowest BCUT2D eigenvalue weighted by Crippen LogP contribution is -2.24. The number of urea groups is 1. The molecule has 1 aromatic heterocycles. The van der Waals surface area contributed by atoms with Crippen molar-refractivity contribution in [2.45, 2.75) is 64.2 Å². The molecule has 1 heterocycles. The SMILES string of the molecule is CC(C)c1cc(C#N)cc(C(C)C)c1NC(=O)NSc1ncc(C(C)(C)O)o1. The molecule has 2 amide bonds. The molecule has 0 spiro atoms. The normalized spacial score (nSPS) is 11.6. The molecule has 0 saturated heterocycles. The monoisotopic (exact) mass is 402 g/mol. The van der Waals surface area contributed by atoms with Crippen molar-refractivity contribution in [3.63, 3.8) is 0 Å². The second-order valence-electron chi connectivity index (χ2n) is 7.66. The Morgan fingerprint density at radius 1 is 1.25 bits per heavy atom. The van der Waals surface area contributed by atoms with Gasteiger partial charge in [-0.25, -0.2) is 9.78 Å². The smallest absolute Gasteiger partial charge is 0.329 e. The van der Waals surface area contributed by atoms with Crippen LogP contribution in [0, 0.1) is 11.3 Å². The molecule has 7 nitrogen and oxygen atoms in total. The number of nitrogens with one attached hydrogen (secondary N) is 2. The summed E-state index contributed by atoms with van der Waals surface area (Å²) in [5.41, 5.74) is 1.96. The minimum atomic E-state index is -1.14. The summed E-state index contributed by atoms with van der Waals surface area (Å²) in [7, 11) is 0. The number of hydrogen-bond donors (Lipinski definition) is 3. The van der Waals surface area contributed by atoms with E-state index < -0.39 is 11.6 Å². The fourth-order valence-electron chi connectivity index (χ4n) is 2.62. The molecule has 0 saturated carbocycles. The molecule has 2 aromatic rings. The Hall–Kier alpha value is -2.50. The summed E-state index contributed by atoms with van der Waals surface area (Å²) in [5.74, 6) is 0.582. The van der Waals surface area contributed by atoms with Crippen molar-refractivity contribution in [3.8, 4) is 6.07 Å². The van der Waals surface area contributed by atoms with Gasteiger partial charge < -0.3 is 14.8 Å². The van der Waals surface area contributed by atoms with Crippen LogP contribution in [0.2, 0.25) is 0 Å². The second kappa shape index (κ2) is 8.67. The number of benzene rings is 1. The van der Waals surface area contributed by atoms with E-state index in [1.165, 1.54) is 6.20 Å². The molecule has 28 heavy (non-hydrogen) atoms. The zero-order valence-electron chi connectivity index (χ0n) is 17.0. The number of aliphatic hydroxyl groups is 1. The van der Waals surface area contributed by atoms with Gasteiger partial charge in [0.05, 0.1) is 17.8 Å². The average molecular weight is 403 g/mol. The number of nitrogens with zero attached hydrogens (tertiary/aromatic N) is 2. The molecule has 0 aliphatic heterocycles. The highest BCUT2D eigenvalue weighted by Crippen LogP contribution is 2.34. The number of aromatic nitrogens is 1. The predicted molar refractivity (Wildman–Crippen MR) is 109 cm³/mol. The number of carbonyl (C=O) groups excluding carboxylic acids is 1. The molecule has 150 valence electrons. The van der Waals surface area contributed by atoms with Crippen LogP contribution < -0.4 is 10.0 Å². The van der Waals surface area contributed by atoms with Crippen LogP contribution in [0.3, 0.4) is 0 Å². The number of nitriles is 1. The van der Waals surface area contributed by atoms with E-state index in [-0.39, 0.29) is 17.1 Å². The van der Waals surface area contributed by atoms with Gasteiger partial charge in [0.25, 0.3) is 5.22 Å². The lowest BCUT2D eigenvalue weighted by molar-refractivity contribution is 0.0503. The van der Waals surface area contributed by atoms with Crippen LogP contribution in [0.1, 0.15) is 75.8 Å². The first-order valence-electron chi connectivity index (χ1n) is 9.03. The summed E-state index contributed by atoms with van der Waals surface area (Å²) in [6.07, 6.45) is 1.43. The second-order valence-corrected chi connectivity index (χ2v) is 8.42. The first kappa shape index (κ1) is 21.8. The van der Waals surface area contributed by atoms with Crippen molar-refractivity contribution in [2.75, 3.05) is 5.32 Å². The predicted octanol–water partition coefficient (Wildman–Crippen LogP) is 4.85. The van der Waals surface area contributed by atoms with Crippen LogP contribution in [-0.2, 0) is 5.60 Å². The molecule has 0 aliphatic carbocycles. The van der Waals surface area contributed by atoms with Crippen molar-refractivity contribution in [2.24, 2.45) is 0 Å². The standard InChI is InChI=1S/C20H26N4O3S/c1-11(2)14-7-13(9-21)8-15(12(3)4)17(14)23-18(25)24-28-19-22-10-16(27-19)20(5,6)26/h7-8,10-12,26H,1-6H3,(H2,23,24,25). The molecule has 0 bridgehead atoms. The Kier molecular flexibility index (Phi) is 6.75. The fraction of sp³-hybridized carbons (Fsp3) is 0.450. The first-order valence-corrected chi connectivity index (χ1v) is 9.85. The highest BCUT2D eigenvalue weighted by molar-refractivity contribution is 7.97. The molecule has 1 aromatic carbocycles. The molecular weight excluding hydrogens is 376 g/mol. The van der Waals surface area contributed by atoms with E-state index in [1.54, 1.807) is 13.8 Å². The van der Waals surface area contributed by atoms with Crippen molar-refractivity contribution >= 4 is 23.7 Å². The molecule has 0 unspecified atom stereocenters. The van der Waals surface area contributed by atoms with Crippen molar-refractivity contribution < 1.29 is 14.3 Å². The third kappa shape index (κ3) is 5.27. The van der Waals surface area contributed by atoms with Crippen molar-refractivity contribution in [1.29, 1.82) is 5.26 Å². The highest BCUT2D eigenvalue weighted by Gasteiger charge is 2.22. The zero-order valence-corrected chi connectivity index (χ0v) is 17.8. The maximum Gasteiger partial charge on any atom is 0.329 e. The minimum absolute atomic E-state index is 0.134. The molecular formula is C20H26N4O3S. The van der Waals surface area contributed by atoms with Gasteiger partial charge in [0, 0.05) is 17.6 Å². The van der Waals surface area contributed by atoms with Crippen LogP contribution in [0.5, 0.6) is 0 Å². The summed E-state index contributed by atoms with van der Waals surface area (Å²) >= 11 is 0.918. The van der Waals surface area contributed by atoms with Crippen molar-refractivity contribution in [1.82, 2.24) is 9.71 Å². The summed E-state index contributed by atoms with van der Waals surface area (Å²) in [6.45, 7) is 11.3. The Morgan fingerprint density at radius 2 is 1.82 bits per heavy atom. The largest absolute Gasteiger partial charge is 0.432 e. The third-order valence-electron chi connectivity index (χ3n) is 4.13. The Bertz CT molecular complexity index is 863. The van der Waals surface area contributed by atoms with Crippen LogP contribution in [0.15, 0.2) is 28.0 Å². The lowest BCUT2D eigenvalue weighted by Gasteiger charge is -2.20. The molecule has 3 N–H and O–H groups in total. The van der Waals surface area contributed by atoms with E-state index in [4.69, 9.17) is 4.42 Å². The van der Waals surface area contributed by atoms with Crippen LogP contribution in [0.4, 0.5) is 10.5 Å². The average Bonchev–Trinajstić information content (AvgIpc) is 3.09. The molecule has 2 rings (SSSR count). The summed E-state index contributed by atoms with van der Waals surface area (Å²) < 4.78 is 8.06. The summed E-state index contributed by atoms with van der Waals surface area (Å²) in [6, 6.07) is 5.37. The van der Waals surface area contributed by atoms with Gasteiger partial charge in [-0.1, -0.05) is 27.7 Å². The maximum absolute atomic E-state index is 12.5. The molecule has 8 heteroatoms. The van der Waals surface area contributed by atoms with E-state index in [2.05, 4.69) is 21.1 Å². The van der Waals surface area contributed by atoms with E-state index in [0.29, 0.717) is 17.0 Å². The van der Waals surface area contributed by atoms with E-state index >= 15 is 0 Å². The summed E-state index contributed by atoms with van der Waals surface area (Å²) in [4.78, 5) is 16.5. The Labute approximate surface area is 169 Å². The number of oxazole rings is 1. The first-order chi connectivity index (χ1) is 13.0. The fourth-order valence-corrected chi connectivity index (χ4v) is 3.09. The van der Waals surface area contributed by atoms with Gasteiger partial charge >= 0.3 is 6.03 Å². The van der Waals surface area contributed by atoms with E-state index in [9.17, 15) is 15.2 Å². The van der Waals surface area contributed by atoms with Gasteiger partial charge in [0.15, 0.2) is 5.76 Å². The Morgan fingerprint density at radius 3 is 2.25 bits per heavy atom. The third-order valence-corrected chi connectivity index (χ3v) is 4.78. The van der Waals surface area contributed by atoms with Gasteiger partial charge in [-0.3, -0.25) is 4.72 Å². The molecule has 0 aliphatic rings. The Balaban J connectivity index is 2.19. The molecule has 0 radical (unpaired) electrons. The van der Waals surface area contributed by atoms with Gasteiger partial charge in [0.2, 0.25) is 0 Å². The van der Waals surface area contributed by atoms with Crippen LogP contribution in [-0.4, -0.2) is 16.1 Å². The molecule has 0 fully saturated rings.